The Balaban J connectivity index is 1.42. The molecule has 1 unspecified atom stereocenters. The van der Waals surface area contributed by atoms with Gasteiger partial charge in [0.2, 0.25) is 5.91 Å². The maximum absolute atomic E-state index is 12.9. The van der Waals surface area contributed by atoms with E-state index >= 15 is 0 Å². The van der Waals surface area contributed by atoms with E-state index in [0.29, 0.717) is 11.4 Å². The lowest BCUT2D eigenvalue weighted by atomic mass is 10.1. The largest absolute Gasteiger partial charge is 0.455 e. The van der Waals surface area contributed by atoms with Gasteiger partial charge in [-0.2, -0.15) is 0 Å². The highest BCUT2D eigenvalue weighted by atomic mass is 32.2. The molecular weight excluding hydrogens is 419 g/mol. The topological polar surface area (TPSA) is 84.5 Å². The first-order chi connectivity index (χ1) is 14.9. The van der Waals surface area contributed by atoms with Crippen LogP contribution in [-0.4, -0.2) is 35.4 Å². The van der Waals surface area contributed by atoms with Gasteiger partial charge in [-0.1, -0.05) is 36.4 Å². The Morgan fingerprint density at radius 2 is 1.65 bits per heavy atom. The summed E-state index contributed by atoms with van der Waals surface area (Å²) < 4.78 is 18.0. The van der Waals surface area contributed by atoms with E-state index in [1.54, 1.807) is 13.0 Å². The van der Waals surface area contributed by atoms with Crippen LogP contribution in [0.2, 0.25) is 0 Å². The van der Waals surface area contributed by atoms with Crippen molar-refractivity contribution in [2.45, 2.75) is 12.2 Å². The lowest BCUT2D eigenvalue weighted by molar-refractivity contribution is -0.146. The summed E-state index contributed by atoms with van der Waals surface area (Å²) in [6, 6.07) is 18.6. The fraction of sp³-hybridized carbons (Fsp3) is 0.174. The summed E-state index contributed by atoms with van der Waals surface area (Å²) in [5.74, 6) is -1.75. The number of hydrogen-bond acceptors (Lipinski definition) is 5. The Kier molecular flexibility index (Phi) is 7.61. The van der Waals surface area contributed by atoms with Crippen LogP contribution in [0.3, 0.4) is 0 Å². The summed E-state index contributed by atoms with van der Waals surface area (Å²) in [7, 11) is 0. The molecule has 0 aliphatic rings. The van der Waals surface area contributed by atoms with E-state index < -0.39 is 29.6 Å². The molecule has 160 valence electrons. The fourth-order valence-corrected chi connectivity index (χ4v) is 3.45. The molecule has 3 rings (SSSR count). The van der Waals surface area contributed by atoms with Crippen molar-refractivity contribution in [3.8, 4) is 0 Å². The van der Waals surface area contributed by atoms with Crippen LogP contribution in [0.1, 0.15) is 6.92 Å². The highest BCUT2D eigenvalue weighted by Gasteiger charge is 2.18. The highest BCUT2D eigenvalue weighted by Crippen LogP contribution is 2.23. The first-order valence-corrected chi connectivity index (χ1v) is 10.6. The number of anilines is 2. The van der Waals surface area contributed by atoms with E-state index in [0.717, 1.165) is 22.5 Å². The van der Waals surface area contributed by atoms with E-state index in [1.807, 2.05) is 36.4 Å². The Labute approximate surface area is 183 Å². The Hall–Kier alpha value is -3.39. The molecule has 2 N–H and O–H groups in total. The van der Waals surface area contributed by atoms with Gasteiger partial charge in [-0.15, -0.1) is 11.8 Å². The van der Waals surface area contributed by atoms with Crippen molar-refractivity contribution in [2.75, 3.05) is 23.0 Å². The van der Waals surface area contributed by atoms with Crippen molar-refractivity contribution >= 4 is 51.7 Å². The maximum Gasteiger partial charge on any atom is 0.319 e. The second-order valence-corrected chi connectivity index (χ2v) is 8.02. The minimum Gasteiger partial charge on any atom is -0.455 e. The summed E-state index contributed by atoms with van der Waals surface area (Å²) in [6.45, 7) is 1.18. The first kappa shape index (κ1) is 22.3. The molecule has 0 spiro atoms. The molecule has 0 bridgehead atoms. The fourth-order valence-electron chi connectivity index (χ4n) is 2.77. The maximum atomic E-state index is 12.9. The average molecular weight is 440 g/mol. The molecule has 0 saturated heterocycles. The van der Waals surface area contributed by atoms with E-state index in [4.69, 9.17) is 4.74 Å². The molecule has 2 amide bonds. The number of ether oxygens (including phenoxy) is 1. The molecule has 31 heavy (non-hydrogen) atoms. The molecule has 0 aromatic heterocycles. The van der Waals surface area contributed by atoms with Crippen molar-refractivity contribution < 1.29 is 23.5 Å². The van der Waals surface area contributed by atoms with Crippen LogP contribution in [0, 0.1) is 5.82 Å². The molecule has 1 atom stereocenters. The van der Waals surface area contributed by atoms with Crippen molar-refractivity contribution in [3.63, 3.8) is 0 Å². The molecule has 0 aliphatic heterocycles. The van der Waals surface area contributed by atoms with Crippen molar-refractivity contribution in [2.24, 2.45) is 0 Å². The van der Waals surface area contributed by atoms with Crippen molar-refractivity contribution in [1.29, 1.82) is 0 Å². The summed E-state index contributed by atoms with van der Waals surface area (Å²) in [4.78, 5) is 36.3. The first-order valence-electron chi connectivity index (χ1n) is 9.53. The van der Waals surface area contributed by atoms with Crippen LogP contribution in [0.25, 0.3) is 10.8 Å². The quantitative estimate of drug-likeness (QED) is 0.513. The number of carbonyl (C=O) groups excluding carboxylic acids is 3. The zero-order valence-corrected chi connectivity index (χ0v) is 17.6. The predicted octanol–water partition coefficient (Wildman–Crippen LogP) is 4.22. The minimum absolute atomic E-state index is 0.00977. The molecule has 8 heteroatoms. The number of fused-ring (bicyclic) bond motifs is 1. The molecule has 3 aromatic carbocycles. The third kappa shape index (κ3) is 6.55. The number of carbonyl (C=O) groups is 3. The van der Waals surface area contributed by atoms with Gasteiger partial charge >= 0.3 is 5.97 Å². The molecule has 0 heterocycles. The number of nitrogens with one attached hydrogen (secondary N) is 2. The molecule has 0 saturated carbocycles. The summed E-state index contributed by atoms with van der Waals surface area (Å²) in [6.07, 6.45) is 0. The van der Waals surface area contributed by atoms with E-state index in [9.17, 15) is 18.8 Å². The van der Waals surface area contributed by atoms with Gasteiger partial charge in [0.1, 0.15) is 11.1 Å². The van der Waals surface area contributed by atoms with Crippen LogP contribution in [0.15, 0.2) is 66.7 Å². The number of amides is 2. The van der Waals surface area contributed by atoms with Crippen LogP contribution in [0.4, 0.5) is 15.8 Å². The summed E-state index contributed by atoms with van der Waals surface area (Å²) in [5, 5.41) is 6.60. The molecule has 6 nitrogen and oxygen atoms in total. The van der Waals surface area contributed by atoms with E-state index in [2.05, 4.69) is 10.6 Å². The van der Waals surface area contributed by atoms with Crippen molar-refractivity contribution in [3.05, 3.63) is 72.5 Å². The normalized spacial score (nSPS) is 11.5. The molecular formula is C23H21FN2O4S. The number of benzene rings is 3. The number of thioether (sulfide) groups is 1. The second kappa shape index (κ2) is 10.6. The van der Waals surface area contributed by atoms with Gasteiger partial charge in [0.15, 0.2) is 6.61 Å². The number of esters is 1. The third-order valence-corrected chi connectivity index (χ3v) is 5.45. The standard InChI is InChI=1S/C23H21FN2O4S/c1-15(31-14-22(28)25-18-11-9-17(24)10-12-18)23(29)30-13-21(27)26-20-8-4-6-16-5-2-3-7-19(16)20/h2-12,15H,13-14H2,1H3,(H,25,28)(H,26,27). The number of halogens is 1. The van der Waals surface area contributed by atoms with Gasteiger partial charge in [0, 0.05) is 16.8 Å². The number of rotatable bonds is 8. The lowest BCUT2D eigenvalue weighted by Crippen LogP contribution is -2.26. The highest BCUT2D eigenvalue weighted by molar-refractivity contribution is 8.01. The van der Waals surface area contributed by atoms with Gasteiger partial charge in [-0.3, -0.25) is 14.4 Å². The molecule has 3 aromatic rings. The van der Waals surface area contributed by atoms with Crippen molar-refractivity contribution in [1.82, 2.24) is 0 Å². The Morgan fingerprint density at radius 3 is 2.42 bits per heavy atom. The zero-order valence-electron chi connectivity index (χ0n) is 16.8. The van der Waals surface area contributed by atoms with E-state index in [1.165, 1.54) is 24.3 Å². The third-order valence-electron chi connectivity index (χ3n) is 4.33. The van der Waals surface area contributed by atoms with Gasteiger partial charge in [-0.25, -0.2) is 4.39 Å². The molecule has 0 aliphatic carbocycles. The van der Waals surface area contributed by atoms with Gasteiger partial charge in [-0.05, 0) is 42.6 Å². The molecule has 0 radical (unpaired) electrons. The van der Waals surface area contributed by atoms with Crippen LogP contribution in [0.5, 0.6) is 0 Å². The number of hydrogen-bond donors (Lipinski definition) is 2. The SMILES string of the molecule is CC(SCC(=O)Nc1ccc(F)cc1)C(=O)OCC(=O)Nc1cccc2ccccc12. The average Bonchev–Trinajstić information content (AvgIpc) is 2.77. The smallest absolute Gasteiger partial charge is 0.319 e. The summed E-state index contributed by atoms with van der Waals surface area (Å²) >= 11 is 1.08. The Morgan fingerprint density at radius 1 is 0.935 bits per heavy atom. The second-order valence-electron chi connectivity index (χ2n) is 6.69. The minimum atomic E-state index is -0.635. The predicted molar refractivity (Wildman–Crippen MR) is 120 cm³/mol. The van der Waals surface area contributed by atoms with Crippen LogP contribution in [-0.2, 0) is 19.1 Å². The van der Waals surface area contributed by atoms with Crippen LogP contribution < -0.4 is 10.6 Å². The monoisotopic (exact) mass is 440 g/mol. The van der Waals surface area contributed by atoms with Gasteiger partial charge in [0.25, 0.3) is 5.91 Å². The Bertz CT molecular complexity index is 1080. The van der Waals surface area contributed by atoms with E-state index in [-0.39, 0.29) is 11.7 Å². The molecule has 0 fully saturated rings. The zero-order chi connectivity index (χ0) is 22.2. The summed E-state index contributed by atoms with van der Waals surface area (Å²) in [5.41, 5.74) is 1.10. The van der Waals surface area contributed by atoms with Gasteiger partial charge < -0.3 is 15.4 Å². The lowest BCUT2D eigenvalue weighted by Gasteiger charge is -2.12. The van der Waals surface area contributed by atoms with Crippen LogP contribution >= 0.6 is 11.8 Å². The van der Waals surface area contributed by atoms with Gasteiger partial charge in [0.05, 0.1) is 5.75 Å².